The smallest absolute Gasteiger partial charge is 0.236 e. The van der Waals surface area contributed by atoms with Gasteiger partial charge in [-0.15, -0.1) is 0 Å². The molecule has 0 aliphatic carbocycles. The Labute approximate surface area is 182 Å². The van der Waals surface area contributed by atoms with E-state index in [1.54, 1.807) is 6.20 Å². The van der Waals surface area contributed by atoms with Gasteiger partial charge < -0.3 is 14.5 Å². The highest BCUT2D eigenvalue weighted by Crippen LogP contribution is 2.41. The number of rotatable bonds is 4. The Kier molecular flexibility index (Phi) is 5.36. The molecule has 1 spiro atoms. The summed E-state index contributed by atoms with van der Waals surface area (Å²) >= 11 is 0. The first-order valence-electron chi connectivity index (χ1n) is 11.0. The number of hydrogen-bond acceptors (Lipinski definition) is 5. The number of aromatic nitrogens is 1. The van der Waals surface area contributed by atoms with Crippen molar-refractivity contribution in [2.45, 2.75) is 25.9 Å². The van der Waals surface area contributed by atoms with Crippen LogP contribution in [-0.4, -0.2) is 70.8 Å². The summed E-state index contributed by atoms with van der Waals surface area (Å²) in [6.45, 7) is 4.83. The summed E-state index contributed by atoms with van der Waals surface area (Å²) < 4.78 is 5.81. The Balaban J connectivity index is 1.19. The minimum absolute atomic E-state index is 0.104. The normalized spacial score (nSPS) is 23.7. The van der Waals surface area contributed by atoms with Crippen LogP contribution in [0.5, 0.6) is 5.75 Å². The molecule has 3 aliphatic heterocycles. The monoisotopic (exact) mass is 420 g/mol. The first-order chi connectivity index (χ1) is 15.1. The zero-order valence-electron chi connectivity index (χ0n) is 17.7. The summed E-state index contributed by atoms with van der Waals surface area (Å²) in [7, 11) is 0. The van der Waals surface area contributed by atoms with Crippen LogP contribution in [0.2, 0.25) is 0 Å². The van der Waals surface area contributed by atoms with E-state index in [-0.39, 0.29) is 11.8 Å². The summed E-state index contributed by atoms with van der Waals surface area (Å²) in [5.74, 6) is 1.18. The maximum absolute atomic E-state index is 13.2. The van der Waals surface area contributed by atoms with Crippen LogP contribution in [0, 0.1) is 5.41 Å². The second kappa shape index (κ2) is 8.30. The van der Waals surface area contributed by atoms with Crippen LogP contribution in [0.25, 0.3) is 0 Å². The molecule has 0 N–H and O–H groups in total. The molecule has 5 rings (SSSR count). The van der Waals surface area contributed by atoms with Gasteiger partial charge in [-0.05, 0) is 31.0 Å². The van der Waals surface area contributed by atoms with E-state index in [0.717, 1.165) is 42.9 Å². The molecule has 162 valence electrons. The van der Waals surface area contributed by atoms with Gasteiger partial charge in [-0.1, -0.05) is 24.3 Å². The molecule has 7 nitrogen and oxygen atoms in total. The van der Waals surface area contributed by atoms with Gasteiger partial charge in [0, 0.05) is 44.5 Å². The lowest BCUT2D eigenvalue weighted by molar-refractivity contribution is -0.137. The number of likely N-dealkylation sites (tertiary alicyclic amines) is 2. The fourth-order valence-electron chi connectivity index (χ4n) is 5.00. The highest BCUT2D eigenvalue weighted by Gasteiger charge is 2.51. The number of fused-ring (bicyclic) bond motifs is 1. The van der Waals surface area contributed by atoms with E-state index in [0.29, 0.717) is 39.3 Å². The summed E-state index contributed by atoms with van der Waals surface area (Å²) in [6.07, 6.45) is 3.32. The number of carbonyl (C=O) groups excluding carboxylic acids is 2. The van der Waals surface area contributed by atoms with Gasteiger partial charge in [0.1, 0.15) is 12.4 Å². The molecule has 2 amide bonds. The molecule has 0 radical (unpaired) electrons. The van der Waals surface area contributed by atoms with E-state index in [4.69, 9.17) is 4.74 Å². The number of carbonyl (C=O) groups is 2. The summed E-state index contributed by atoms with van der Waals surface area (Å²) in [4.78, 5) is 36.6. The number of hydrogen-bond donors (Lipinski definition) is 0. The molecular weight excluding hydrogens is 392 g/mol. The van der Waals surface area contributed by atoms with Crippen molar-refractivity contribution in [3.63, 3.8) is 0 Å². The summed E-state index contributed by atoms with van der Waals surface area (Å²) in [5.41, 5.74) is 1.60. The third-order valence-electron chi connectivity index (χ3n) is 6.78. The van der Waals surface area contributed by atoms with Crippen LogP contribution in [0.1, 0.15) is 24.1 Å². The van der Waals surface area contributed by atoms with Gasteiger partial charge in [0.25, 0.3) is 0 Å². The van der Waals surface area contributed by atoms with Crippen molar-refractivity contribution in [2.24, 2.45) is 5.41 Å². The SMILES string of the molecule is O=C(CN1CCOc2ccccc2C1)N1CCC2(CCN(Cc3ccccn3)C2=O)C1. The molecule has 1 atom stereocenters. The Bertz CT molecular complexity index is 966. The molecule has 3 aliphatic rings. The van der Waals surface area contributed by atoms with E-state index < -0.39 is 5.41 Å². The molecule has 4 heterocycles. The third-order valence-corrected chi connectivity index (χ3v) is 6.78. The topological polar surface area (TPSA) is 66.0 Å². The Morgan fingerprint density at radius 1 is 1.06 bits per heavy atom. The molecule has 0 saturated carbocycles. The second-order valence-electron chi connectivity index (χ2n) is 8.81. The fraction of sp³-hybridized carbons (Fsp3) is 0.458. The lowest BCUT2D eigenvalue weighted by atomic mass is 9.85. The quantitative estimate of drug-likeness (QED) is 0.756. The van der Waals surface area contributed by atoms with Gasteiger partial charge in [-0.3, -0.25) is 19.5 Å². The fourth-order valence-corrected chi connectivity index (χ4v) is 5.00. The zero-order valence-corrected chi connectivity index (χ0v) is 17.7. The first kappa shape index (κ1) is 20.0. The lowest BCUT2D eigenvalue weighted by Crippen LogP contribution is -2.42. The van der Waals surface area contributed by atoms with Crippen LogP contribution in [-0.2, 0) is 22.7 Å². The first-order valence-corrected chi connectivity index (χ1v) is 11.0. The largest absolute Gasteiger partial charge is 0.492 e. The molecule has 7 heteroatoms. The van der Waals surface area contributed by atoms with Gasteiger partial charge in [-0.25, -0.2) is 0 Å². The van der Waals surface area contributed by atoms with Crippen LogP contribution < -0.4 is 4.74 Å². The Morgan fingerprint density at radius 2 is 1.90 bits per heavy atom. The third kappa shape index (κ3) is 4.02. The molecule has 31 heavy (non-hydrogen) atoms. The van der Waals surface area contributed by atoms with Crippen LogP contribution >= 0.6 is 0 Å². The van der Waals surface area contributed by atoms with Gasteiger partial charge in [0.2, 0.25) is 11.8 Å². The van der Waals surface area contributed by atoms with Crippen molar-refractivity contribution in [1.82, 2.24) is 19.7 Å². The van der Waals surface area contributed by atoms with Crippen molar-refractivity contribution in [3.05, 3.63) is 59.9 Å². The molecular formula is C24H28N4O3. The van der Waals surface area contributed by atoms with Crippen LogP contribution in [0.15, 0.2) is 48.7 Å². The molecule has 2 fully saturated rings. The predicted octanol–water partition coefficient (Wildman–Crippen LogP) is 1.93. The number of benzene rings is 1. The number of ether oxygens (including phenoxy) is 1. The van der Waals surface area contributed by atoms with Crippen molar-refractivity contribution in [1.29, 1.82) is 0 Å². The predicted molar refractivity (Wildman–Crippen MR) is 115 cm³/mol. The minimum Gasteiger partial charge on any atom is -0.492 e. The number of para-hydroxylation sites is 1. The second-order valence-corrected chi connectivity index (χ2v) is 8.81. The zero-order chi connectivity index (χ0) is 21.3. The number of amides is 2. The van der Waals surface area contributed by atoms with Crippen molar-refractivity contribution >= 4 is 11.8 Å². The Hall–Kier alpha value is -2.93. The van der Waals surface area contributed by atoms with E-state index in [2.05, 4.69) is 16.0 Å². The van der Waals surface area contributed by atoms with E-state index in [1.165, 1.54) is 0 Å². The highest BCUT2D eigenvalue weighted by molar-refractivity contribution is 5.87. The van der Waals surface area contributed by atoms with Gasteiger partial charge >= 0.3 is 0 Å². The molecule has 0 bridgehead atoms. The summed E-state index contributed by atoms with van der Waals surface area (Å²) in [5, 5.41) is 0. The molecule has 2 aromatic rings. The van der Waals surface area contributed by atoms with E-state index in [1.807, 2.05) is 46.2 Å². The van der Waals surface area contributed by atoms with E-state index >= 15 is 0 Å². The van der Waals surface area contributed by atoms with Gasteiger partial charge in [0.05, 0.1) is 24.2 Å². The standard InChI is InChI=1S/C24H28N4O3/c29-22(17-26-13-14-31-21-7-2-1-5-19(21)15-26)28-12-9-24(18-28)8-11-27(23(24)30)16-20-6-3-4-10-25-20/h1-7,10H,8-9,11-18H2. The summed E-state index contributed by atoms with van der Waals surface area (Å²) in [6, 6.07) is 13.8. The van der Waals surface area contributed by atoms with Crippen molar-refractivity contribution < 1.29 is 14.3 Å². The molecule has 1 aromatic carbocycles. The van der Waals surface area contributed by atoms with Crippen molar-refractivity contribution in [3.8, 4) is 5.75 Å². The lowest BCUT2D eigenvalue weighted by Gasteiger charge is -2.25. The average Bonchev–Trinajstić information content (AvgIpc) is 3.28. The van der Waals surface area contributed by atoms with Crippen LogP contribution in [0.3, 0.4) is 0 Å². The number of pyridine rings is 1. The Morgan fingerprint density at radius 3 is 2.77 bits per heavy atom. The number of nitrogens with zero attached hydrogens (tertiary/aromatic N) is 4. The van der Waals surface area contributed by atoms with Crippen molar-refractivity contribution in [2.75, 3.05) is 39.3 Å². The average molecular weight is 421 g/mol. The highest BCUT2D eigenvalue weighted by atomic mass is 16.5. The van der Waals surface area contributed by atoms with E-state index in [9.17, 15) is 9.59 Å². The maximum Gasteiger partial charge on any atom is 0.236 e. The maximum atomic E-state index is 13.2. The molecule has 2 saturated heterocycles. The molecule has 1 unspecified atom stereocenters. The van der Waals surface area contributed by atoms with Gasteiger partial charge in [0.15, 0.2) is 0 Å². The van der Waals surface area contributed by atoms with Gasteiger partial charge in [-0.2, -0.15) is 0 Å². The molecule has 1 aromatic heterocycles. The van der Waals surface area contributed by atoms with Crippen LogP contribution in [0.4, 0.5) is 0 Å². The minimum atomic E-state index is -0.418.